The third kappa shape index (κ3) is 4.33. The van der Waals surface area contributed by atoms with Crippen molar-refractivity contribution < 1.29 is 9.90 Å². The summed E-state index contributed by atoms with van der Waals surface area (Å²) in [6.07, 6.45) is 2.70. The summed E-state index contributed by atoms with van der Waals surface area (Å²) < 4.78 is 2.38. The van der Waals surface area contributed by atoms with Crippen LogP contribution in [0.4, 0.5) is 0 Å². The molecule has 1 aromatic heterocycles. The number of aliphatic carboxylic acids is 1. The van der Waals surface area contributed by atoms with Crippen molar-refractivity contribution in [2.45, 2.75) is 51.7 Å². The van der Waals surface area contributed by atoms with Crippen molar-refractivity contribution in [1.82, 2.24) is 9.22 Å². The highest BCUT2D eigenvalue weighted by Crippen LogP contribution is 2.26. The quantitative estimate of drug-likeness (QED) is 0.782. The smallest absolute Gasteiger partial charge is 0.320 e. The van der Waals surface area contributed by atoms with Gasteiger partial charge in [-0.2, -0.15) is 0 Å². The molecule has 6 heteroatoms. The largest absolute Gasteiger partial charge is 0.480 e. The summed E-state index contributed by atoms with van der Waals surface area (Å²) >= 11 is 0. The van der Waals surface area contributed by atoms with E-state index in [0.717, 1.165) is 5.56 Å². The molecule has 4 nitrogen and oxygen atoms in total. The van der Waals surface area contributed by atoms with Gasteiger partial charge in [-0.05, 0) is 24.2 Å². The molecule has 2 rings (SSSR count). The summed E-state index contributed by atoms with van der Waals surface area (Å²) in [6, 6.07) is 7.80. The molecule has 0 spiro atoms. The fourth-order valence-corrected chi connectivity index (χ4v) is 5.64. The monoisotopic (exact) mass is 348 g/mol. The standard InChI is InChI=1S/C17H28N2O2Si2/c1-22(2,3)18-15(17(20)21)11-13-12-19(23(4,5)6)16-10-8-7-9-14(13)16/h7-10,12,15,18H,11H2,1-6H3,(H,20,21). The van der Waals surface area contributed by atoms with Crippen LogP contribution in [0.3, 0.4) is 0 Å². The molecule has 0 saturated carbocycles. The Hall–Kier alpha value is -1.38. The van der Waals surface area contributed by atoms with Crippen molar-refractivity contribution in [2.75, 3.05) is 0 Å². The average molecular weight is 349 g/mol. The molecule has 2 aromatic rings. The second-order valence-corrected chi connectivity index (χ2v) is 17.8. The van der Waals surface area contributed by atoms with Gasteiger partial charge < -0.3 is 14.3 Å². The molecule has 1 atom stereocenters. The summed E-state index contributed by atoms with van der Waals surface area (Å²) in [5.41, 5.74) is 2.35. The highest BCUT2D eigenvalue weighted by Gasteiger charge is 2.27. The predicted octanol–water partition coefficient (Wildman–Crippen LogP) is 3.74. The van der Waals surface area contributed by atoms with E-state index in [4.69, 9.17) is 0 Å². The predicted molar refractivity (Wildman–Crippen MR) is 102 cm³/mol. The van der Waals surface area contributed by atoms with E-state index in [1.165, 1.54) is 10.9 Å². The number of carboxylic acid groups (broad SMARTS) is 1. The molecule has 0 radical (unpaired) electrons. The van der Waals surface area contributed by atoms with Crippen molar-refractivity contribution in [2.24, 2.45) is 0 Å². The Balaban J connectivity index is 2.45. The van der Waals surface area contributed by atoms with Gasteiger partial charge >= 0.3 is 5.97 Å². The third-order valence-electron chi connectivity index (χ3n) is 3.85. The molecule has 23 heavy (non-hydrogen) atoms. The number of benzene rings is 1. The van der Waals surface area contributed by atoms with Gasteiger partial charge in [0.1, 0.15) is 14.3 Å². The zero-order valence-electron chi connectivity index (χ0n) is 15.0. The summed E-state index contributed by atoms with van der Waals surface area (Å²) in [4.78, 5) is 15.0. The minimum atomic E-state index is -1.66. The molecule has 1 heterocycles. The summed E-state index contributed by atoms with van der Waals surface area (Å²) in [7, 11) is -3.21. The molecule has 0 aliphatic heterocycles. The van der Waals surface area contributed by atoms with E-state index in [1.54, 1.807) is 0 Å². The lowest BCUT2D eigenvalue weighted by molar-refractivity contribution is -0.139. The second-order valence-electron chi connectivity index (χ2n) is 8.20. The van der Waals surface area contributed by atoms with Crippen molar-refractivity contribution >= 4 is 33.3 Å². The van der Waals surface area contributed by atoms with Crippen molar-refractivity contribution in [3.63, 3.8) is 0 Å². The van der Waals surface area contributed by atoms with E-state index in [0.29, 0.717) is 6.42 Å². The first-order valence-corrected chi connectivity index (χ1v) is 15.0. The maximum Gasteiger partial charge on any atom is 0.320 e. The van der Waals surface area contributed by atoms with Crippen molar-refractivity contribution in [3.05, 3.63) is 36.0 Å². The molecule has 1 unspecified atom stereocenters. The van der Waals surface area contributed by atoms with Crippen LogP contribution in [0.2, 0.25) is 39.3 Å². The first kappa shape index (κ1) is 18.0. The van der Waals surface area contributed by atoms with E-state index in [1.807, 2.05) is 6.07 Å². The fraction of sp³-hybridized carbons (Fsp3) is 0.471. The number of aromatic nitrogens is 1. The molecule has 0 saturated heterocycles. The lowest BCUT2D eigenvalue weighted by atomic mass is 10.1. The van der Waals surface area contributed by atoms with Gasteiger partial charge in [0.15, 0.2) is 8.24 Å². The molecule has 126 valence electrons. The van der Waals surface area contributed by atoms with Crippen LogP contribution in [0.1, 0.15) is 5.56 Å². The second kappa shape index (κ2) is 6.26. The highest BCUT2D eigenvalue weighted by molar-refractivity contribution is 6.75. The number of para-hydroxylation sites is 1. The SMILES string of the molecule is C[Si](C)(C)NC(Cc1cn([Si](C)(C)C)c2ccccc12)C(=O)O. The van der Waals surface area contributed by atoms with Crippen LogP contribution in [0.15, 0.2) is 30.5 Å². The van der Waals surface area contributed by atoms with Crippen LogP contribution in [0, 0.1) is 0 Å². The van der Waals surface area contributed by atoms with Gasteiger partial charge in [0.05, 0.1) is 0 Å². The summed E-state index contributed by atoms with van der Waals surface area (Å²) in [5, 5.41) is 10.8. The van der Waals surface area contributed by atoms with E-state index in [2.05, 4.69) is 72.9 Å². The van der Waals surface area contributed by atoms with Crippen molar-refractivity contribution in [3.8, 4) is 0 Å². The average Bonchev–Trinajstić information content (AvgIpc) is 2.75. The Morgan fingerprint density at radius 1 is 1.17 bits per heavy atom. The first-order chi connectivity index (χ1) is 10.5. The van der Waals surface area contributed by atoms with Crippen LogP contribution in [0.5, 0.6) is 0 Å². The Kier molecular flexibility index (Phi) is 4.89. The highest BCUT2D eigenvalue weighted by atomic mass is 28.3. The van der Waals surface area contributed by atoms with Gasteiger partial charge in [0.2, 0.25) is 0 Å². The van der Waals surface area contributed by atoms with Gasteiger partial charge in [-0.3, -0.25) is 4.79 Å². The van der Waals surface area contributed by atoms with Gasteiger partial charge in [-0.15, -0.1) is 0 Å². The molecule has 0 aliphatic carbocycles. The molecule has 0 fully saturated rings. The Morgan fingerprint density at radius 3 is 2.30 bits per heavy atom. The van der Waals surface area contributed by atoms with Crippen LogP contribution < -0.4 is 4.98 Å². The zero-order chi connectivity index (χ0) is 17.4. The van der Waals surface area contributed by atoms with Crippen LogP contribution in [0.25, 0.3) is 10.9 Å². The van der Waals surface area contributed by atoms with Crippen LogP contribution in [-0.4, -0.2) is 37.8 Å². The van der Waals surface area contributed by atoms with E-state index in [9.17, 15) is 9.90 Å². The number of nitrogens with one attached hydrogen (secondary N) is 1. The molecular weight excluding hydrogens is 320 g/mol. The molecule has 0 amide bonds. The maximum absolute atomic E-state index is 11.7. The van der Waals surface area contributed by atoms with Gasteiger partial charge in [-0.1, -0.05) is 57.5 Å². The van der Waals surface area contributed by atoms with Gasteiger partial charge in [-0.25, -0.2) is 0 Å². The topological polar surface area (TPSA) is 54.3 Å². The molecule has 2 N–H and O–H groups in total. The first-order valence-electron chi connectivity index (χ1n) is 8.09. The molecular formula is C17H28N2O2Si2. The lowest BCUT2D eigenvalue weighted by Gasteiger charge is -2.24. The Bertz CT molecular complexity index is 711. The van der Waals surface area contributed by atoms with E-state index >= 15 is 0 Å². The van der Waals surface area contributed by atoms with Gasteiger partial charge in [0.25, 0.3) is 0 Å². The fourth-order valence-electron chi connectivity index (χ4n) is 2.91. The molecule has 1 aromatic carbocycles. The molecule has 0 bridgehead atoms. The van der Waals surface area contributed by atoms with Crippen LogP contribution >= 0.6 is 0 Å². The minimum absolute atomic E-state index is 0.525. The van der Waals surface area contributed by atoms with Crippen molar-refractivity contribution in [1.29, 1.82) is 0 Å². The van der Waals surface area contributed by atoms with Crippen LogP contribution in [-0.2, 0) is 11.2 Å². The normalized spacial score (nSPS) is 14.2. The van der Waals surface area contributed by atoms with Gasteiger partial charge in [0, 0.05) is 10.9 Å². The number of fused-ring (bicyclic) bond motifs is 1. The number of hydrogen-bond donors (Lipinski definition) is 2. The van der Waals surface area contributed by atoms with E-state index < -0.39 is 28.5 Å². The van der Waals surface area contributed by atoms with E-state index in [-0.39, 0.29) is 0 Å². The zero-order valence-corrected chi connectivity index (χ0v) is 17.0. The number of hydrogen-bond acceptors (Lipinski definition) is 2. The number of carboxylic acids is 1. The number of rotatable bonds is 6. The maximum atomic E-state index is 11.7. The third-order valence-corrected chi connectivity index (χ3v) is 6.88. The number of carbonyl (C=O) groups is 1. The summed E-state index contributed by atoms with van der Waals surface area (Å²) in [6.45, 7) is 13.3. The summed E-state index contributed by atoms with van der Waals surface area (Å²) in [5.74, 6) is -0.766. The Morgan fingerprint density at radius 2 is 1.78 bits per heavy atom. The Labute approximate surface area is 140 Å². The molecule has 0 aliphatic rings. The lowest BCUT2D eigenvalue weighted by Crippen LogP contribution is -2.52. The number of nitrogens with zero attached hydrogens (tertiary/aromatic N) is 1. The minimum Gasteiger partial charge on any atom is -0.480 e.